The van der Waals surface area contributed by atoms with Gasteiger partial charge in [-0.1, -0.05) is 13.0 Å². The number of nitrogens with zero attached hydrogens (tertiary/aromatic N) is 2. The number of carbonyl (C=O) groups is 1. The number of halogens is 1. The number of guanidine groups is 1. The lowest BCUT2D eigenvalue weighted by atomic mass is 10.1. The minimum absolute atomic E-state index is 0.402. The summed E-state index contributed by atoms with van der Waals surface area (Å²) in [6.07, 6.45) is 1.00. The Morgan fingerprint density at radius 3 is 2.83 bits per heavy atom. The first-order chi connectivity index (χ1) is 11.6. The molecule has 5 nitrogen and oxygen atoms in total. The van der Waals surface area contributed by atoms with E-state index in [4.69, 9.17) is 22.1 Å². The second kappa shape index (κ2) is 6.93. The zero-order valence-electron chi connectivity index (χ0n) is 13.3. The third-order valence-corrected chi connectivity index (χ3v) is 3.98. The molecule has 0 aliphatic carbocycles. The molecule has 0 unspecified atom stereocenters. The second-order valence-corrected chi connectivity index (χ2v) is 5.93. The highest BCUT2D eigenvalue weighted by Crippen LogP contribution is 2.31. The topological polar surface area (TPSA) is 67.9 Å². The zero-order chi connectivity index (χ0) is 17.1. The predicted molar refractivity (Wildman–Crippen MR) is 95.1 cm³/mol. The average molecular weight is 344 g/mol. The van der Waals surface area contributed by atoms with Crippen LogP contribution in [0.5, 0.6) is 11.5 Å². The van der Waals surface area contributed by atoms with Gasteiger partial charge in [0, 0.05) is 24.2 Å². The molecule has 2 N–H and O–H groups in total. The van der Waals surface area contributed by atoms with Crippen molar-refractivity contribution in [2.45, 2.75) is 19.9 Å². The molecule has 0 amide bonds. The van der Waals surface area contributed by atoms with Crippen molar-refractivity contribution in [2.24, 2.45) is 10.7 Å². The van der Waals surface area contributed by atoms with Gasteiger partial charge >= 0.3 is 0 Å². The Morgan fingerprint density at radius 2 is 2.08 bits per heavy atom. The Balaban J connectivity index is 1.83. The van der Waals surface area contributed by atoms with E-state index in [2.05, 4.69) is 11.9 Å². The van der Waals surface area contributed by atoms with Gasteiger partial charge in [0.1, 0.15) is 11.5 Å². The van der Waals surface area contributed by atoms with E-state index in [1.807, 2.05) is 23.1 Å². The molecule has 0 saturated heterocycles. The number of fused-ring (bicyclic) bond motifs is 1. The number of benzene rings is 2. The van der Waals surface area contributed by atoms with Crippen LogP contribution in [-0.2, 0) is 6.54 Å². The highest BCUT2D eigenvalue weighted by Gasteiger charge is 2.17. The van der Waals surface area contributed by atoms with Crippen molar-refractivity contribution >= 4 is 28.5 Å². The van der Waals surface area contributed by atoms with Gasteiger partial charge in [-0.15, -0.1) is 0 Å². The van der Waals surface area contributed by atoms with E-state index in [9.17, 15) is 4.79 Å². The lowest BCUT2D eigenvalue weighted by Crippen LogP contribution is -2.39. The molecule has 0 spiro atoms. The average Bonchev–Trinajstić information content (AvgIpc) is 2.56. The Hall–Kier alpha value is -2.53. The first kappa shape index (κ1) is 16.3. The zero-order valence-corrected chi connectivity index (χ0v) is 14.1. The largest absolute Gasteiger partial charge is 0.457 e. The van der Waals surface area contributed by atoms with Crippen LogP contribution in [-0.4, -0.2) is 22.6 Å². The van der Waals surface area contributed by atoms with Gasteiger partial charge in [0.15, 0.2) is 5.96 Å². The highest BCUT2D eigenvalue weighted by molar-refractivity contribution is 6.67. The fraction of sp³-hybridized carbons (Fsp3) is 0.222. The quantitative estimate of drug-likeness (QED) is 0.832. The minimum atomic E-state index is -0.508. The van der Waals surface area contributed by atoms with Crippen LogP contribution in [0, 0.1) is 0 Å². The lowest BCUT2D eigenvalue weighted by Gasteiger charge is -2.28. The Bertz CT molecular complexity index is 805. The van der Waals surface area contributed by atoms with E-state index in [1.165, 1.54) is 0 Å². The van der Waals surface area contributed by atoms with Gasteiger partial charge in [0.05, 0.1) is 5.69 Å². The van der Waals surface area contributed by atoms with Crippen molar-refractivity contribution in [3.05, 3.63) is 53.6 Å². The highest BCUT2D eigenvalue weighted by atomic mass is 35.5. The number of nitrogens with two attached hydrogens (primary N) is 1. The van der Waals surface area contributed by atoms with Gasteiger partial charge in [-0.2, -0.15) is 0 Å². The molecule has 2 aromatic rings. The van der Waals surface area contributed by atoms with Gasteiger partial charge in [0.25, 0.3) is 5.24 Å². The molecule has 0 fully saturated rings. The van der Waals surface area contributed by atoms with Crippen LogP contribution in [0.3, 0.4) is 0 Å². The van der Waals surface area contributed by atoms with Crippen LogP contribution in [0.4, 0.5) is 5.69 Å². The standard InChI is InChI=1S/C18H18ClN3O2/c1-2-8-22-11-13-10-15(6-7-16(13)21-18(22)20)24-14-5-3-4-12(9-14)17(19)23/h3-7,9-10H,2,8,11H2,1H3,(H2,20,21). The minimum Gasteiger partial charge on any atom is -0.457 e. The van der Waals surface area contributed by atoms with Crippen LogP contribution < -0.4 is 10.5 Å². The van der Waals surface area contributed by atoms with Crippen LogP contribution >= 0.6 is 11.6 Å². The van der Waals surface area contributed by atoms with Crippen molar-refractivity contribution < 1.29 is 9.53 Å². The third-order valence-electron chi connectivity index (χ3n) is 3.76. The molecule has 124 valence electrons. The molecule has 1 aliphatic rings. The molecule has 1 aliphatic heterocycles. The maximum absolute atomic E-state index is 11.2. The van der Waals surface area contributed by atoms with Gasteiger partial charge < -0.3 is 15.4 Å². The molecule has 6 heteroatoms. The molecule has 0 saturated carbocycles. The summed E-state index contributed by atoms with van der Waals surface area (Å²) in [6.45, 7) is 3.67. The molecular weight excluding hydrogens is 326 g/mol. The van der Waals surface area contributed by atoms with Crippen LogP contribution in [0.15, 0.2) is 47.5 Å². The first-order valence-electron chi connectivity index (χ1n) is 7.76. The normalized spacial score (nSPS) is 13.2. The molecule has 24 heavy (non-hydrogen) atoms. The monoisotopic (exact) mass is 343 g/mol. The third kappa shape index (κ3) is 3.51. The van der Waals surface area contributed by atoms with Gasteiger partial charge in [-0.3, -0.25) is 4.79 Å². The smallest absolute Gasteiger partial charge is 0.252 e. The SMILES string of the molecule is CCCN1Cc2cc(Oc3cccc(C(=O)Cl)c3)ccc2N=C1N. The molecule has 0 aromatic heterocycles. The summed E-state index contributed by atoms with van der Waals surface area (Å²) in [5, 5.41) is -0.508. The van der Waals surface area contributed by atoms with E-state index < -0.39 is 5.24 Å². The number of carbonyl (C=O) groups excluding carboxylic acids is 1. The summed E-state index contributed by atoms with van der Waals surface area (Å²) in [4.78, 5) is 17.7. The van der Waals surface area contributed by atoms with Crippen molar-refractivity contribution in [2.75, 3.05) is 6.54 Å². The van der Waals surface area contributed by atoms with E-state index in [1.54, 1.807) is 24.3 Å². The van der Waals surface area contributed by atoms with Gasteiger partial charge in [-0.25, -0.2) is 4.99 Å². The summed E-state index contributed by atoms with van der Waals surface area (Å²) < 4.78 is 5.85. The molecular formula is C18H18ClN3O2. The summed E-state index contributed by atoms with van der Waals surface area (Å²) in [5.41, 5.74) is 8.30. The van der Waals surface area contributed by atoms with Crippen molar-refractivity contribution in [1.82, 2.24) is 4.90 Å². The Kier molecular flexibility index (Phi) is 4.71. The summed E-state index contributed by atoms with van der Waals surface area (Å²) in [6, 6.07) is 12.4. The molecule has 1 heterocycles. The fourth-order valence-electron chi connectivity index (χ4n) is 2.62. The number of ether oxygens (including phenoxy) is 1. The number of rotatable bonds is 5. The summed E-state index contributed by atoms with van der Waals surface area (Å²) in [5.74, 6) is 1.79. The maximum atomic E-state index is 11.2. The molecule has 2 aromatic carbocycles. The molecule has 3 rings (SSSR count). The summed E-state index contributed by atoms with van der Waals surface area (Å²) >= 11 is 5.51. The summed E-state index contributed by atoms with van der Waals surface area (Å²) in [7, 11) is 0. The lowest BCUT2D eigenvalue weighted by molar-refractivity contribution is 0.108. The fourth-order valence-corrected chi connectivity index (χ4v) is 2.74. The van der Waals surface area contributed by atoms with E-state index in [-0.39, 0.29) is 0 Å². The van der Waals surface area contributed by atoms with Gasteiger partial charge in [0.2, 0.25) is 0 Å². The number of aliphatic imine (C=N–C) groups is 1. The van der Waals surface area contributed by atoms with E-state index in [0.717, 1.165) is 24.2 Å². The Morgan fingerprint density at radius 1 is 1.29 bits per heavy atom. The van der Waals surface area contributed by atoms with Crippen LogP contribution in [0.1, 0.15) is 29.3 Å². The van der Waals surface area contributed by atoms with E-state index >= 15 is 0 Å². The van der Waals surface area contributed by atoms with E-state index in [0.29, 0.717) is 29.6 Å². The Labute approximate surface area is 145 Å². The van der Waals surface area contributed by atoms with Crippen LogP contribution in [0.25, 0.3) is 0 Å². The number of hydrogen-bond donors (Lipinski definition) is 1. The molecule has 0 atom stereocenters. The van der Waals surface area contributed by atoms with Crippen molar-refractivity contribution in [3.8, 4) is 11.5 Å². The van der Waals surface area contributed by atoms with Gasteiger partial charge in [-0.05, 0) is 54.4 Å². The second-order valence-electron chi connectivity index (χ2n) is 5.59. The number of hydrogen-bond acceptors (Lipinski definition) is 5. The van der Waals surface area contributed by atoms with Crippen molar-refractivity contribution in [1.29, 1.82) is 0 Å². The van der Waals surface area contributed by atoms with Crippen molar-refractivity contribution in [3.63, 3.8) is 0 Å². The molecule has 0 bridgehead atoms. The maximum Gasteiger partial charge on any atom is 0.252 e. The molecule has 0 radical (unpaired) electrons. The van der Waals surface area contributed by atoms with Crippen LogP contribution in [0.2, 0.25) is 0 Å². The first-order valence-corrected chi connectivity index (χ1v) is 8.14. The predicted octanol–water partition coefficient (Wildman–Crippen LogP) is 4.03.